The lowest BCUT2D eigenvalue weighted by molar-refractivity contribution is 1.25. The van der Waals surface area contributed by atoms with Gasteiger partial charge in [0.15, 0.2) is 5.82 Å². The Morgan fingerprint density at radius 2 is 2.67 bits per heavy atom. The molecule has 0 aromatic carbocycles. The monoisotopic (exact) mass is 140 g/mol. The van der Waals surface area contributed by atoms with Gasteiger partial charge in [-0.3, -0.25) is 0 Å². The zero-order valence-corrected chi connectivity index (χ0v) is 5.44. The molecular formula is C6H5ClN2. The maximum atomic E-state index is 5.30. The summed E-state index contributed by atoms with van der Waals surface area (Å²) in [4.78, 5) is 6.69. The fourth-order valence-electron chi connectivity index (χ4n) is 0.451. The molecule has 0 aliphatic heterocycles. The number of hydrogen-bond donors (Lipinski definition) is 1. The number of H-pyrrole nitrogens is 1. The first kappa shape index (κ1) is 6.18. The Labute approximate surface area is 58.3 Å². The van der Waals surface area contributed by atoms with Crippen LogP contribution in [-0.2, 0) is 0 Å². The molecular weight excluding hydrogens is 136 g/mol. The standard InChI is InChI=1S/C6H5ClN2/c7-3-1-2-6-8-4-5-9-6/h4-5H,3H2,(H,8,9). The SMILES string of the molecule is ClCC#Cc1ncc[nH]1. The number of aromatic nitrogens is 2. The molecule has 0 aliphatic rings. The summed E-state index contributed by atoms with van der Waals surface area (Å²) in [6.45, 7) is 0. The van der Waals surface area contributed by atoms with Crippen LogP contribution in [-0.4, -0.2) is 15.8 Å². The van der Waals surface area contributed by atoms with E-state index < -0.39 is 0 Å². The first-order valence-corrected chi connectivity index (χ1v) is 3.01. The van der Waals surface area contributed by atoms with Crippen molar-refractivity contribution in [2.45, 2.75) is 0 Å². The molecule has 2 nitrogen and oxygen atoms in total. The van der Waals surface area contributed by atoms with Gasteiger partial charge in [-0.15, -0.1) is 11.6 Å². The minimum absolute atomic E-state index is 0.348. The van der Waals surface area contributed by atoms with Crippen LogP contribution in [0, 0.1) is 11.8 Å². The van der Waals surface area contributed by atoms with Crippen LogP contribution in [0.2, 0.25) is 0 Å². The fraction of sp³-hybridized carbons (Fsp3) is 0.167. The molecule has 0 saturated carbocycles. The molecule has 1 aromatic heterocycles. The summed E-state index contributed by atoms with van der Waals surface area (Å²) in [7, 11) is 0. The van der Waals surface area contributed by atoms with Gasteiger partial charge in [0.1, 0.15) is 0 Å². The lowest BCUT2D eigenvalue weighted by Gasteiger charge is -1.73. The molecule has 0 amide bonds. The molecule has 0 atom stereocenters. The molecule has 1 heterocycles. The molecule has 0 spiro atoms. The second-order valence-electron chi connectivity index (χ2n) is 1.37. The second-order valence-corrected chi connectivity index (χ2v) is 1.64. The Kier molecular flexibility index (Phi) is 2.17. The van der Waals surface area contributed by atoms with Gasteiger partial charge in [0.2, 0.25) is 0 Å². The predicted molar refractivity (Wildman–Crippen MR) is 36.2 cm³/mol. The van der Waals surface area contributed by atoms with Crippen molar-refractivity contribution in [2.75, 3.05) is 5.88 Å². The van der Waals surface area contributed by atoms with E-state index in [0.717, 1.165) is 0 Å². The van der Waals surface area contributed by atoms with Crippen LogP contribution in [0.25, 0.3) is 0 Å². The molecule has 3 heteroatoms. The van der Waals surface area contributed by atoms with Crippen LogP contribution >= 0.6 is 11.6 Å². The van der Waals surface area contributed by atoms with E-state index in [-0.39, 0.29) is 0 Å². The van der Waals surface area contributed by atoms with E-state index in [4.69, 9.17) is 11.6 Å². The highest BCUT2D eigenvalue weighted by molar-refractivity contribution is 6.19. The summed E-state index contributed by atoms with van der Waals surface area (Å²) >= 11 is 5.30. The van der Waals surface area contributed by atoms with Gasteiger partial charge in [0, 0.05) is 12.4 Å². The Balaban J connectivity index is 2.67. The number of alkyl halides is 1. The first-order chi connectivity index (χ1) is 4.43. The molecule has 0 bridgehead atoms. The Bertz CT molecular complexity index is 217. The van der Waals surface area contributed by atoms with Crippen molar-refractivity contribution >= 4 is 11.6 Å². The summed E-state index contributed by atoms with van der Waals surface area (Å²) in [6, 6.07) is 0. The summed E-state index contributed by atoms with van der Waals surface area (Å²) in [5.41, 5.74) is 0. The lowest BCUT2D eigenvalue weighted by Crippen LogP contribution is -1.74. The van der Waals surface area contributed by atoms with Crippen molar-refractivity contribution in [3.05, 3.63) is 18.2 Å². The van der Waals surface area contributed by atoms with Crippen LogP contribution in [0.5, 0.6) is 0 Å². The number of halogens is 1. The molecule has 0 unspecified atom stereocenters. The van der Waals surface area contributed by atoms with Crippen LogP contribution in [0.15, 0.2) is 12.4 Å². The Morgan fingerprint density at radius 3 is 3.22 bits per heavy atom. The van der Waals surface area contributed by atoms with E-state index in [0.29, 0.717) is 11.7 Å². The van der Waals surface area contributed by atoms with E-state index in [2.05, 4.69) is 21.8 Å². The number of nitrogens with zero attached hydrogens (tertiary/aromatic N) is 1. The lowest BCUT2D eigenvalue weighted by atomic mass is 10.6. The number of nitrogens with one attached hydrogen (secondary N) is 1. The van der Waals surface area contributed by atoms with Gasteiger partial charge in [-0.05, 0) is 5.92 Å². The normalized spacial score (nSPS) is 8.11. The van der Waals surface area contributed by atoms with Gasteiger partial charge in [-0.1, -0.05) is 5.92 Å². The van der Waals surface area contributed by atoms with Crippen LogP contribution in [0.1, 0.15) is 5.82 Å². The van der Waals surface area contributed by atoms with Crippen molar-refractivity contribution in [1.29, 1.82) is 0 Å². The third-order valence-electron chi connectivity index (χ3n) is 0.772. The summed E-state index contributed by atoms with van der Waals surface area (Å²) < 4.78 is 0. The third-order valence-corrected chi connectivity index (χ3v) is 0.905. The zero-order valence-electron chi connectivity index (χ0n) is 4.69. The molecule has 0 saturated heterocycles. The van der Waals surface area contributed by atoms with E-state index in [1.165, 1.54) is 0 Å². The molecule has 9 heavy (non-hydrogen) atoms. The average Bonchev–Trinajstić information content (AvgIpc) is 2.34. The van der Waals surface area contributed by atoms with Gasteiger partial charge in [-0.2, -0.15) is 0 Å². The van der Waals surface area contributed by atoms with Gasteiger partial charge in [-0.25, -0.2) is 4.98 Å². The first-order valence-electron chi connectivity index (χ1n) is 2.47. The molecule has 0 radical (unpaired) electrons. The fourth-order valence-corrected chi connectivity index (χ4v) is 0.518. The van der Waals surface area contributed by atoms with Gasteiger partial charge in [0.25, 0.3) is 0 Å². The minimum atomic E-state index is 0.348. The summed E-state index contributed by atoms with van der Waals surface area (Å²) in [5, 5.41) is 0. The average molecular weight is 141 g/mol. The van der Waals surface area contributed by atoms with E-state index in [9.17, 15) is 0 Å². The number of rotatable bonds is 0. The molecule has 46 valence electrons. The largest absolute Gasteiger partial charge is 0.338 e. The highest BCUT2D eigenvalue weighted by Gasteiger charge is 1.81. The van der Waals surface area contributed by atoms with Crippen molar-refractivity contribution in [3.8, 4) is 11.8 Å². The quantitative estimate of drug-likeness (QED) is 0.423. The molecule has 1 rings (SSSR count). The number of hydrogen-bond acceptors (Lipinski definition) is 1. The van der Waals surface area contributed by atoms with E-state index >= 15 is 0 Å². The van der Waals surface area contributed by atoms with Crippen LogP contribution in [0.4, 0.5) is 0 Å². The maximum absolute atomic E-state index is 5.30. The van der Waals surface area contributed by atoms with Crippen molar-refractivity contribution in [1.82, 2.24) is 9.97 Å². The topological polar surface area (TPSA) is 28.7 Å². The van der Waals surface area contributed by atoms with Gasteiger partial charge in [0.05, 0.1) is 5.88 Å². The van der Waals surface area contributed by atoms with Crippen molar-refractivity contribution in [3.63, 3.8) is 0 Å². The summed E-state index contributed by atoms with van der Waals surface area (Å²) in [6.07, 6.45) is 3.37. The molecule has 1 N–H and O–H groups in total. The Hall–Kier alpha value is -0.940. The Morgan fingerprint density at radius 1 is 1.78 bits per heavy atom. The zero-order chi connectivity index (χ0) is 6.53. The van der Waals surface area contributed by atoms with Crippen molar-refractivity contribution in [2.24, 2.45) is 0 Å². The minimum Gasteiger partial charge on any atom is -0.338 e. The van der Waals surface area contributed by atoms with Gasteiger partial charge >= 0.3 is 0 Å². The van der Waals surface area contributed by atoms with Crippen LogP contribution < -0.4 is 0 Å². The van der Waals surface area contributed by atoms with E-state index in [1.807, 2.05) is 0 Å². The highest BCUT2D eigenvalue weighted by Crippen LogP contribution is 1.82. The molecule has 0 aliphatic carbocycles. The van der Waals surface area contributed by atoms with E-state index in [1.54, 1.807) is 12.4 Å². The molecule has 1 aromatic rings. The summed E-state index contributed by atoms with van der Waals surface area (Å²) in [5.74, 6) is 6.41. The highest BCUT2D eigenvalue weighted by atomic mass is 35.5. The maximum Gasteiger partial charge on any atom is 0.182 e. The smallest absolute Gasteiger partial charge is 0.182 e. The van der Waals surface area contributed by atoms with Crippen LogP contribution in [0.3, 0.4) is 0 Å². The second kappa shape index (κ2) is 3.16. The third kappa shape index (κ3) is 1.79. The number of imidazole rings is 1. The predicted octanol–water partition coefficient (Wildman–Crippen LogP) is 1.000. The van der Waals surface area contributed by atoms with Crippen molar-refractivity contribution < 1.29 is 0 Å². The number of aromatic amines is 1. The van der Waals surface area contributed by atoms with Gasteiger partial charge < -0.3 is 4.98 Å². The molecule has 0 fully saturated rings.